The van der Waals surface area contributed by atoms with Crippen LogP contribution in [0.3, 0.4) is 0 Å². The predicted octanol–water partition coefficient (Wildman–Crippen LogP) is 3.03. The Morgan fingerprint density at radius 2 is 1.93 bits per heavy atom. The number of guanidine groups is 1. The van der Waals surface area contributed by atoms with Crippen molar-refractivity contribution in [3.63, 3.8) is 0 Å². The average Bonchev–Trinajstić information content (AvgIpc) is 3.15. The number of hydrogen-bond acceptors (Lipinski definition) is 3. The minimum atomic E-state index is 0.282. The third-order valence-electron chi connectivity index (χ3n) is 4.43. The van der Waals surface area contributed by atoms with Crippen molar-refractivity contribution in [3.8, 4) is 5.69 Å². The van der Waals surface area contributed by atoms with Crippen LogP contribution < -0.4 is 10.6 Å². The molecule has 1 heterocycles. The van der Waals surface area contributed by atoms with Gasteiger partial charge in [0.25, 0.3) is 0 Å². The Kier molecular flexibility index (Phi) is 8.84. The fourth-order valence-corrected chi connectivity index (χ4v) is 2.91. The Labute approximate surface area is 163 Å². The minimum Gasteiger partial charge on any atom is -0.378 e. The maximum Gasteiger partial charge on any atom is 0.190 e. The summed E-state index contributed by atoms with van der Waals surface area (Å²) in [4.78, 5) is 4.29. The van der Waals surface area contributed by atoms with E-state index in [1.54, 1.807) is 7.05 Å². The van der Waals surface area contributed by atoms with Crippen LogP contribution in [0.25, 0.3) is 5.69 Å². The van der Waals surface area contributed by atoms with Crippen LogP contribution in [0.4, 0.5) is 0 Å². The largest absolute Gasteiger partial charge is 0.378 e. The number of nitrogens with zero attached hydrogens (tertiary/aromatic N) is 3. The van der Waals surface area contributed by atoms with E-state index in [9.17, 15) is 0 Å². The van der Waals surface area contributed by atoms with Crippen molar-refractivity contribution in [2.45, 2.75) is 39.7 Å². The highest BCUT2D eigenvalue weighted by Crippen LogP contribution is 2.10. The summed E-state index contributed by atoms with van der Waals surface area (Å²) in [6.07, 6.45) is 6.13. The standard InChI is InChI=1S/C21H33N5O/c1-5-27-20(17(2)3)12-14-24-21(22-4)23-13-11-18-15-25-26(16-18)19-9-7-6-8-10-19/h6-10,15-17,20H,5,11-14H2,1-4H3,(H2,22,23,24). The Morgan fingerprint density at radius 3 is 2.59 bits per heavy atom. The molecule has 1 aromatic carbocycles. The third-order valence-corrected chi connectivity index (χ3v) is 4.43. The van der Waals surface area contributed by atoms with Gasteiger partial charge in [-0.3, -0.25) is 4.99 Å². The fourth-order valence-electron chi connectivity index (χ4n) is 2.91. The van der Waals surface area contributed by atoms with Crippen molar-refractivity contribution in [1.82, 2.24) is 20.4 Å². The summed E-state index contributed by atoms with van der Waals surface area (Å²) < 4.78 is 7.69. The number of ether oxygens (including phenoxy) is 1. The van der Waals surface area contributed by atoms with Crippen LogP contribution in [0.5, 0.6) is 0 Å². The summed E-state index contributed by atoms with van der Waals surface area (Å²) in [5.41, 5.74) is 2.27. The number of aromatic nitrogens is 2. The van der Waals surface area contributed by atoms with Crippen LogP contribution >= 0.6 is 0 Å². The van der Waals surface area contributed by atoms with E-state index in [0.29, 0.717) is 5.92 Å². The number of aliphatic imine (C=N–C) groups is 1. The van der Waals surface area contributed by atoms with Crippen LogP contribution in [0.1, 0.15) is 32.8 Å². The molecule has 0 amide bonds. The van der Waals surface area contributed by atoms with Crippen LogP contribution in [0.15, 0.2) is 47.7 Å². The molecule has 6 nitrogen and oxygen atoms in total. The summed E-state index contributed by atoms with van der Waals surface area (Å²) in [7, 11) is 1.80. The molecule has 0 saturated heterocycles. The zero-order valence-electron chi connectivity index (χ0n) is 17.0. The van der Waals surface area contributed by atoms with Crippen molar-refractivity contribution in [3.05, 3.63) is 48.3 Å². The molecule has 1 unspecified atom stereocenters. The van der Waals surface area contributed by atoms with Crippen LogP contribution in [0, 0.1) is 5.92 Å². The lowest BCUT2D eigenvalue weighted by Gasteiger charge is -2.21. The Hall–Kier alpha value is -2.34. The van der Waals surface area contributed by atoms with Gasteiger partial charge in [0.2, 0.25) is 0 Å². The van der Waals surface area contributed by atoms with E-state index in [-0.39, 0.29) is 6.10 Å². The minimum absolute atomic E-state index is 0.282. The Balaban J connectivity index is 1.73. The van der Waals surface area contributed by atoms with Crippen molar-refractivity contribution >= 4 is 5.96 Å². The molecule has 27 heavy (non-hydrogen) atoms. The summed E-state index contributed by atoms with van der Waals surface area (Å²) >= 11 is 0. The molecule has 0 spiro atoms. The lowest BCUT2D eigenvalue weighted by molar-refractivity contribution is 0.0258. The SMILES string of the molecule is CCOC(CCNC(=NC)NCCc1cnn(-c2ccccc2)c1)C(C)C. The Bertz CT molecular complexity index is 681. The van der Waals surface area contributed by atoms with E-state index in [2.05, 4.69) is 40.8 Å². The quantitative estimate of drug-likeness (QED) is 0.498. The first kappa shape index (κ1) is 21.0. The lowest BCUT2D eigenvalue weighted by Crippen LogP contribution is -2.40. The molecule has 2 rings (SSSR count). The van der Waals surface area contributed by atoms with E-state index in [1.165, 1.54) is 5.56 Å². The van der Waals surface area contributed by atoms with Gasteiger partial charge in [-0.05, 0) is 43.4 Å². The molecule has 0 saturated carbocycles. The van der Waals surface area contributed by atoms with Crippen molar-refractivity contribution in [1.29, 1.82) is 0 Å². The second-order valence-electron chi connectivity index (χ2n) is 6.83. The molecular formula is C21H33N5O. The van der Waals surface area contributed by atoms with Gasteiger partial charge in [-0.25, -0.2) is 4.68 Å². The van der Waals surface area contributed by atoms with E-state index in [0.717, 1.165) is 44.2 Å². The molecular weight excluding hydrogens is 338 g/mol. The van der Waals surface area contributed by atoms with E-state index in [1.807, 2.05) is 48.1 Å². The van der Waals surface area contributed by atoms with Crippen LogP contribution in [-0.4, -0.2) is 48.6 Å². The molecule has 1 aromatic heterocycles. The molecule has 2 N–H and O–H groups in total. The summed E-state index contributed by atoms with van der Waals surface area (Å²) in [6, 6.07) is 10.1. The summed E-state index contributed by atoms with van der Waals surface area (Å²) in [5, 5.41) is 11.2. The molecule has 0 radical (unpaired) electrons. The highest BCUT2D eigenvalue weighted by atomic mass is 16.5. The second kappa shape index (κ2) is 11.4. The predicted molar refractivity (Wildman–Crippen MR) is 112 cm³/mol. The first-order valence-corrected chi connectivity index (χ1v) is 9.79. The van der Waals surface area contributed by atoms with Crippen LogP contribution in [0.2, 0.25) is 0 Å². The molecule has 148 valence electrons. The molecule has 6 heteroatoms. The zero-order valence-corrected chi connectivity index (χ0v) is 17.0. The van der Waals surface area contributed by atoms with Gasteiger partial charge in [-0.1, -0.05) is 32.0 Å². The summed E-state index contributed by atoms with van der Waals surface area (Å²) in [6.45, 7) is 8.84. The maximum atomic E-state index is 5.79. The third kappa shape index (κ3) is 7.06. The lowest BCUT2D eigenvalue weighted by atomic mass is 10.0. The molecule has 1 atom stereocenters. The normalized spacial score (nSPS) is 13.0. The highest BCUT2D eigenvalue weighted by molar-refractivity contribution is 5.79. The van der Waals surface area contributed by atoms with Crippen molar-refractivity contribution in [2.24, 2.45) is 10.9 Å². The number of rotatable bonds is 10. The van der Waals surface area contributed by atoms with E-state index in [4.69, 9.17) is 4.74 Å². The fraction of sp³-hybridized carbons (Fsp3) is 0.524. The van der Waals surface area contributed by atoms with Gasteiger partial charge in [0.15, 0.2) is 5.96 Å². The Morgan fingerprint density at radius 1 is 1.19 bits per heavy atom. The first-order chi connectivity index (χ1) is 13.1. The van der Waals surface area contributed by atoms with Gasteiger partial charge < -0.3 is 15.4 Å². The van der Waals surface area contributed by atoms with Crippen molar-refractivity contribution in [2.75, 3.05) is 26.7 Å². The summed E-state index contributed by atoms with van der Waals surface area (Å²) in [5.74, 6) is 1.34. The monoisotopic (exact) mass is 371 g/mol. The molecule has 0 aliphatic rings. The van der Waals surface area contributed by atoms with Gasteiger partial charge in [-0.2, -0.15) is 5.10 Å². The van der Waals surface area contributed by atoms with Crippen LogP contribution in [-0.2, 0) is 11.2 Å². The van der Waals surface area contributed by atoms with Gasteiger partial charge in [0, 0.05) is 32.9 Å². The smallest absolute Gasteiger partial charge is 0.190 e. The molecule has 0 bridgehead atoms. The number of para-hydroxylation sites is 1. The maximum absolute atomic E-state index is 5.79. The van der Waals surface area contributed by atoms with E-state index < -0.39 is 0 Å². The van der Waals surface area contributed by atoms with E-state index >= 15 is 0 Å². The molecule has 0 fully saturated rings. The van der Waals surface area contributed by atoms with Gasteiger partial charge in [0.05, 0.1) is 18.0 Å². The number of hydrogen-bond donors (Lipinski definition) is 2. The average molecular weight is 372 g/mol. The highest BCUT2D eigenvalue weighted by Gasteiger charge is 2.12. The number of nitrogens with one attached hydrogen (secondary N) is 2. The van der Waals surface area contributed by atoms with Gasteiger partial charge in [0.1, 0.15) is 0 Å². The molecule has 0 aliphatic carbocycles. The van der Waals surface area contributed by atoms with Crippen molar-refractivity contribution < 1.29 is 4.74 Å². The second-order valence-corrected chi connectivity index (χ2v) is 6.83. The molecule has 2 aromatic rings. The zero-order chi connectivity index (χ0) is 19.5. The van der Waals surface area contributed by atoms with Gasteiger partial charge >= 0.3 is 0 Å². The topological polar surface area (TPSA) is 63.5 Å². The number of benzene rings is 1. The van der Waals surface area contributed by atoms with Gasteiger partial charge in [-0.15, -0.1) is 0 Å². The molecule has 0 aliphatic heterocycles. The first-order valence-electron chi connectivity index (χ1n) is 9.79.